The van der Waals surface area contributed by atoms with E-state index in [-0.39, 0.29) is 5.91 Å². The Hall–Kier alpha value is -4.79. The Balaban J connectivity index is 1.24. The van der Waals surface area contributed by atoms with Crippen LogP contribution in [0.25, 0.3) is 11.5 Å². The molecule has 162 valence electrons. The monoisotopic (exact) mass is 437 g/mol. The average Bonchev–Trinajstić information content (AvgIpc) is 3.52. The molecule has 0 bridgehead atoms. The van der Waals surface area contributed by atoms with Crippen LogP contribution < -0.4 is 10.1 Å². The van der Waals surface area contributed by atoms with Gasteiger partial charge in [-0.2, -0.15) is 10.2 Å². The largest absolute Gasteiger partial charge is 0.438 e. The highest BCUT2D eigenvalue weighted by atomic mass is 16.5. The van der Waals surface area contributed by atoms with Crippen molar-refractivity contribution in [3.05, 3.63) is 103 Å². The molecule has 0 saturated carbocycles. The van der Waals surface area contributed by atoms with E-state index in [4.69, 9.17) is 4.74 Å². The average molecular weight is 437 g/mol. The number of rotatable bonds is 6. The second-order valence-electron chi connectivity index (χ2n) is 7.15. The molecule has 3 heterocycles. The molecular weight excluding hydrogens is 418 g/mol. The predicted octanol–water partition coefficient (Wildman–Crippen LogP) is 4.20. The Labute approximate surface area is 189 Å². The second kappa shape index (κ2) is 8.75. The molecule has 5 aromatic rings. The molecule has 5 rings (SSSR count). The minimum atomic E-state index is -0.233. The number of benzene rings is 2. The van der Waals surface area contributed by atoms with E-state index in [1.807, 2.05) is 43.3 Å². The summed E-state index contributed by atoms with van der Waals surface area (Å²) in [5.41, 5.74) is 2.80. The van der Waals surface area contributed by atoms with E-state index in [1.54, 1.807) is 64.4 Å². The molecule has 33 heavy (non-hydrogen) atoms. The summed E-state index contributed by atoms with van der Waals surface area (Å²) >= 11 is 0. The SMILES string of the molecule is Cc1c(C(=O)Nc2ccc(Oc3ccc(-n4cccn4)nn3)cc2)cnn1-c1ccccc1. The maximum absolute atomic E-state index is 12.8. The maximum Gasteiger partial charge on any atom is 0.259 e. The number of nitrogens with zero attached hydrogens (tertiary/aromatic N) is 6. The topological polar surface area (TPSA) is 99.8 Å². The summed E-state index contributed by atoms with van der Waals surface area (Å²) in [5.74, 6) is 1.29. The smallest absolute Gasteiger partial charge is 0.259 e. The number of hydrogen-bond donors (Lipinski definition) is 1. The molecule has 0 aliphatic rings. The first-order chi connectivity index (χ1) is 16.2. The lowest BCUT2D eigenvalue weighted by molar-refractivity contribution is 0.102. The molecule has 0 atom stereocenters. The van der Waals surface area contributed by atoms with E-state index in [1.165, 1.54) is 0 Å². The minimum Gasteiger partial charge on any atom is -0.438 e. The van der Waals surface area contributed by atoms with Gasteiger partial charge in [0.15, 0.2) is 5.82 Å². The molecule has 1 N–H and O–H groups in total. The standard InChI is InChI=1S/C24H19N7O2/c1-17-21(16-26-31(17)19-6-3-2-4-7-19)24(32)27-18-8-10-20(11-9-18)33-23-13-12-22(28-29-23)30-15-5-14-25-30/h2-16H,1H3,(H,27,32). The van der Waals surface area contributed by atoms with Crippen LogP contribution in [0, 0.1) is 6.92 Å². The van der Waals surface area contributed by atoms with Crippen LogP contribution in [0.15, 0.2) is 91.4 Å². The quantitative estimate of drug-likeness (QED) is 0.427. The zero-order chi connectivity index (χ0) is 22.6. The van der Waals surface area contributed by atoms with Gasteiger partial charge in [0.2, 0.25) is 5.88 Å². The number of ether oxygens (including phenoxy) is 1. The van der Waals surface area contributed by atoms with E-state index in [0.29, 0.717) is 28.7 Å². The van der Waals surface area contributed by atoms with Gasteiger partial charge < -0.3 is 10.1 Å². The second-order valence-corrected chi connectivity index (χ2v) is 7.15. The number of hydrogen-bond acceptors (Lipinski definition) is 6. The number of carbonyl (C=O) groups is 1. The zero-order valence-corrected chi connectivity index (χ0v) is 17.7. The fraction of sp³-hybridized carbons (Fsp3) is 0.0417. The van der Waals surface area contributed by atoms with E-state index in [0.717, 1.165) is 11.4 Å². The van der Waals surface area contributed by atoms with Crippen molar-refractivity contribution in [2.75, 3.05) is 5.32 Å². The van der Waals surface area contributed by atoms with Gasteiger partial charge in [-0.25, -0.2) is 9.36 Å². The van der Waals surface area contributed by atoms with Crippen molar-refractivity contribution in [2.45, 2.75) is 6.92 Å². The lowest BCUT2D eigenvalue weighted by atomic mass is 10.2. The van der Waals surface area contributed by atoms with E-state index in [2.05, 4.69) is 25.7 Å². The first-order valence-corrected chi connectivity index (χ1v) is 10.2. The first-order valence-electron chi connectivity index (χ1n) is 10.2. The van der Waals surface area contributed by atoms with Crippen molar-refractivity contribution in [3.8, 4) is 23.1 Å². The summed E-state index contributed by atoms with van der Waals surface area (Å²) in [5, 5.41) is 19.5. The molecule has 9 heteroatoms. The summed E-state index contributed by atoms with van der Waals surface area (Å²) in [7, 11) is 0. The Kier molecular flexibility index (Phi) is 5.34. The van der Waals surface area contributed by atoms with Crippen LogP contribution in [-0.2, 0) is 0 Å². The van der Waals surface area contributed by atoms with Gasteiger partial charge in [-0.15, -0.1) is 10.2 Å². The van der Waals surface area contributed by atoms with Gasteiger partial charge in [0.25, 0.3) is 5.91 Å². The van der Waals surface area contributed by atoms with E-state index < -0.39 is 0 Å². The Morgan fingerprint density at radius 1 is 0.909 bits per heavy atom. The third-order valence-corrected chi connectivity index (χ3v) is 4.95. The summed E-state index contributed by atoms with van der Waals surface area (Å²) in [4.78, 5) is 12.8. The number of amides is 1. The summed E-state index contributed by atoms with van der Waals surface area (Å²) in [6.07, 6.45) is 5.02. The summed E-state index contributed by atoms with van der Waals surface area (Å²) < 4.78 is 9.09. The molecule has 0 unspecified atom stereocenters. The number of nitrogens with one attached hydrogen (secondary N) is 1. The van der Waals surface area contributed by atoms with E-state index >= 15 is 0 Å². The van der Waals surface area contributed by atoms with Crippen LogP contribution in [0.1, 0.15) is 16.1 Å². The fourth-order valence-corrected chi connectivity index (χ4v) is 3.28. The lowest BCUT2D eigenvalue weighted by Crippen LogP contribution is -2.13. The highest BCUT2D eigenvalue weighted by Crippen LogP contribution is 2.22. The normalized spacial score (nSPS) is 10.7. The molecule has 2 aromatic carbocycles. The number of para-hydroxylation sites is 1. The highest BCUT2D eigenvalue weighted by molar-refractivity contribution is 6.05. The molecule has 9 nitrogen and oxygen atoms in total. The van der Waals surface area contributed by atoms with Gasteiger partial charge in [0.05, 0.1) is 23.1 Å². The third kappa shape index (κ3) is 4.33. The van der Waals surface area contributed by atoms with Crippen molar-refractivity contribution in [3.63, 3.8) is 0 Å². The molecule has 0 aliphatic heterocycles. The molecule has 1 amide bonds. The molecule has 3 aromatic heterocycles. The molecule has 0 radical (unpaired) electrons. The van der Waals surface area contributed by atoms with Crippen molar-refractivity contribution in [1.82, 2.24) is 29.8 Å². The Morgan fingerprint density at radius 3 is 2.42 bits per heavy atom. The molecule has 0 fully saturated rings. The Bertz CT molecular complexity index is 1360. The molecular formula is C24H19N7O2. The van der Waals surface area contributed by atoms with E-state index in [9.17, 15) is 4.79 Å². The Morgan fingerprint density at radius 2 is 1.73 bits per heavy atom. The number of anilines is 1. The zero-order valence-electron chi connectivity index (χ0n) is 17.7. The van der Waals surface area contributed by atoms with Crippen LogP contribution >= 0.6 is 0 Å². The van der Waals surface area contributed by atoms with Crippen LogP contribution in [0.4, 0.5) is 5.69 Å². The van der Waals surface area contributed by atoms with Gasteiger partial charge in [0, 0.05) is 24.1 Å². The van der Waals surface area contributed by atoms with Crippen molar-refractivity contribution in [1.29, 1.82) is 0 Å². The highest BCUT2D eigenvalue weighted by Gasteiger charge is 2.15. The van der Waals surface area contributed by atoms with Gasteiger partial charge in [-0.05, 0) is 55.5 Å². The van der Waals surface area contributed by atoms with Gasteiger partial charge in [-0.1, -0.05) is 18.2 Å². The van der Waals surface area contributed by atoms with Crippen LogP contribution in [-0.4, -0.2) is 35.7 Å². The molecule has 0 saturated heterocycles. The fourth-order valence-electron chi connectivity index (χ4n) is 3.28. The first kappa shape index (κ1) is 20.1. The molecule has 0 spiro atoms. The van der Waals surface area contributed by atoms with Crippen molar-refractivity contribution < 1.29 is 9.53 Å². The molecule has 0 aliphatic carbocycles. The number of carbonyl (C=O) groups excluding carboxylic acids is 1. The third-order valence-electron chi connectivity index (χ3n) is 4.95. The van der Waals surface area contributed by atoms with Crippen molar-refractivity contribution >= 4 is 11.6 Å². The van der Waals surface area contributed by atoms with Gasteiger partial charge >= 0.3 is 0 Å². The van der Waals surface area contributed by atoms with Gasteiger partial charge in [0.1, 0.15) is 5.75 Å². The summed E-state index contributed by atoms with van der Waals surface area (Å²) in [6, 6.07) is 22.0. The van der Waals surface area contributed by atoms with Crippen molar-refractivity contribution in [2.24, 2.45) is 0 Å². The van der Waals surface area contributed by atoms with Gasteiger partial charge in [-0.3, -0.25) is 4.79 Å². The summed E-state index contributed by atoms with van der Waals surface area (Å²) in [6.45, 7) is 1.87. The lowest BCUT2D eigenvalue weighted by Gasteiger charge is -2.08. The minimum absolute atomic E-state index is 0.233. The van der Waals surface area contributed by atoms with Crippen LogP contribution in [0.5, 0.6) is 11.6 Å². The number of aromatic nitrogens is 6. The van der Waals surface area contributed by atoms with Crippen LogP contribution in [0.3, 0.4) is 0 Å². The van der Waals surface area contributed by atoms with Crippen LogP contribution in [0.2, 0.25) is 0 Å². The maximum atomic E-state index is 12.8. The predicted molar refractivity (Wildman–Crippen MR) is 122 cm³/mol.